The van der Waals surface area contributed by atoms with Gasteiger partial charge in [-0.15, -0.1) is 11.3 Å². The van der Waals surface area contributed by atoms with E-state index in [0.29, 0.717) is 6.04 Å². The van der Waals surface area contributed by atoms with Gasteiger partial charge < -0.3 is 0 Å². The summed E-state index contributed by atoms with van der Waals surface area (Å²) in [6.45, 7) is 0. The lowest BCUT2D eigenvalue weighted by atomic mass is 9.85. The molecule has 0 N–H and O–H groups in total. The van der Waals surface area contributed by atoms with E-state index in [9.17, 15) is 0 Å². The summed E-state index contributed by atoms with van der Waals surface area (Å²) in [5.41, 5.74) is 7.40. The lowest BCUT2D eigenvalue weighted by molar-refractivity contribution is 1.63. The van der Waals surface area contributed by atoms with E-state index in [2.05, 4.69) is 133 Å². The molecule has 1 heteroatoms. The lowest BCUT2D eigenvalue weighted by Gasteiger charge is -2.18. The van der Waals surface area contributed by atoms with Crippen LogP contribution in [0.2, 0.25) is 0 Å². The molecule has 0 saturated carbocycles. The third-order valence-electron chi connectivity index (χ3n) is 8.79. The van der Waals surface area contributed by atoms with Crippen molar-refractivity contribution >= 4 is 63.8 Å². The zero-order valence-corrected chi connectivity index (χ0v) is 24.2. The molecular weight excluding hydrogens is 537 g/mol. The predicted molar refractivity (Wildman–Crippen MR) is 188 cm³/mol. The zero-order chi connectivity index (χ0) is 29.2. The van der Waals surface area contributed by atoms with E-state index in [0.717, 1.165) is 10.8 Å². The Morgan fingerprint density at radius 2 is 0.907 bits per heavy atom. The Kier molecular flexibility index (Phi) is 5.24. The highest BCUT2D eigenvalue weighted by Crippen LogP contribution is 2.45. The van der Waals surface area contributed by atoms with Crippen molar-refractivity contribution in [3.63, 3.8) is 0 Å². The van der Waals surface area contributed by atoms with Crippen molar-refractivity contribution in [3.05, 3.63) is 158 Å². The fourth-order valence-electron chi connectivity index (χ4n) is 6.77. The van der Waals surface area contributed by atoms with Crippen LogP contribution in [0.25, 0.3) is 85.9 Å². The van der Waals surface area contributed by atoms with Gasteiger partial charge in [0.05, 0.1) is 1.37 Å². The van der Waals surface area contributed by atoms with Gasteiger partial charge in [0.25, 0.3) is 0 Å². The maximum absolute atomic E-state index is 7.93. The molecule has 0 aliphatic heterocycles. The third-order valence-corrected chi connectivity index (χ3v) is 9.94. The third kappa shape index (κ3) is 3.90. The molecule has 0 amide bonds. The van der Waals surface area contributed by atoms with Gasteiger partial charge in [-0.3, -0.25) is 0 Å². The van der Waals surface area contributed by atoms with Crippen molar-refractivity contribution in [2.75, 3.05) is 0 Å². The second-order valence-corrected chi connectivity index (χ2v) is 12.3. The molecule has 0 nitrogen and oxygen atoms in total. The van der Waals surface area contributed by atoms with Crippen LogP contribution in [0.1, 0.15) is 1.37 Å². The summed E-state index contributed by atoms with van der Waals surface area (Å²) in [4.78, 5) is 0. The first-order valence-corrected chi connectivity index (χ1v) is 15.5. The standard InChI is InChI=1S/C42H26S/c1-2-10-30-25-31(22-19-27(30)9-1)28-17-20-29(21-18-28)41-34-12-3-5-14-36(34)42(37-15-6-4-13-35(37)41)32-23-24-40-38(26-32)33-11-7-8-16-39(33)43-40/h1-26H/i1D. The van der Waals surface area contributed by atoms with E-state index in [4.69, 9.17) is 1.37 Å². The SMILES string of the molecule is [2H]c1ccc2cc(-c3ccc(-c4c5ccccc5c(-c5ccc6sc7ccccc7c6c5)c5ccccc45)cc3)ccc2c1. The second-order valence-electron chi connectivity index (χ2n) is 11.2. The quantitative estimate of drug-likeness (QED) is 0.188. The predicted octanol–water partition coefficient (Wildman–Crippen LogP) is 12.5. The van der Waals surface area contributed by atoms with Crippen LogP contribution in [0.15, 0.2) is 158 Å². The van der Waals surface area contributed by atoms with Gasteiger partial charge in [0, 0.05) is 20.2 Å². The Balaban J connectivity index is 1.24. The number of fused-ring (bicyclic) bond motifs is 6. The fraction of sp³-hybridized carbons (Fsp3) is 0. The molecule has 0 atom stereocenters. The molecule has 1 heterocycles. The summed E-state index contributed by atoms with van der Waals surface area (Å²) >= 11 is 1.87. The van der Waals surface area contributed by atoms with E-state index in [1.165, 1.54) is 75.1 Å². The minimum Gasteiger partial charge on any atom is -0.135 e. The maximum atomic E-state index is 7.93. The Bertz CT molecular complexity index is 2500. The Morgan fingerprint density at radius 3 is 1.63 bits per heavy atom. The number of thiophene rings is 1. The van der Waals surface area contributed by atoms with Gasteiger partial charge >= 0.3 is 0 Å². The van der Waals surface area contributed by atoms with Gasteiger partial charge in [-0.1, -0.05) is 133 Å². The van der Waals surface area contributed by atoms with Gasteiger partial charge in [0.15, 0.2) is 0 Å². The van der Waals surface area contributed by atoms with Crippen LogP contribution in [0, 0.1) is 0 Å². The minimum atomic E-state index is 0.542. The highest BCUT2D eigenvalue weighted by Gasteiger charge is 2.17. The van der Waals surface area contributed by atoms with Gasteiger partial charge in [-0.25, -0.2) is 0 Å². The summed E-state index contributed by atoms with van der Waals surface area (Å²) in [5.74, 6) is 0. The molecule has 0 unspecified atom stereocenters. The normalized spacial score (nSPS) is 12.0. The summed E-state index contributed by atoms with van der Waals surface area (Å²) in [5, 5.41) is 9.98. The van der Waals surface area contributed by atoms with Crippen molar-refractivity contribution in [2.24, 2.45) is 0 Å². The molecule has 0 radical (unpaired) electrons. The van der Waals surface area contributed by atoms with Crippen LogP contribution in [0.5, 0.6) is 0 Å². The Labute approximate surface area is 255 Å². The van der Waals surface area contributed by atoms with E-state index in [-0.39, 0.29) is 0 Å². The number of hydrogen-bond donors (Lipinski definition) is 0. The highest BCUT2D eigenvalue weighted by atomic mass is 32.1. The van der Waals surface area contributed by atoms with Crippen molar-refractivity contribution in [1.82, 2.24) is 0 Å². The summed E-state index contributed by atoms with van der Waals surface area (Å²) in [7, 11) is 0. The van der Waals surface area contributed by atoms with Crippen molar-refractivity contribution < 1.29 is 1.37 Å². The molecule has 0 fully saturated rings. The first-order valence-electron chi connectivity index (χ1n) is 15.2. The molecule has 0 spiro atoms. The van der Waals surface area contributed by atoms with E-state index in [1.54, 1.807) is 0 Å². The molecule has 0 aliphatic carbocycles. The minimum absolute atomic E-state index is 0.542. The van der Waals surface area contributed by atoms with E-state index in [1.807, 2.05) is 29.5 Å². The molecule has 0 aliphatic rings. The number of hydrogen-bond acceptors (Lipinski definition) is 1. The molecule has 1 aromatic heterocycles. The summed E-state index contributed by atoms with van der Waals surface area (Å²) in [6.07, 6.45) is 0. The lowest BCUT2D eigenvalue weighted by Crippen LogP contribution is -1.91. The zero-order valence-electron chi connectivity index (χ0n) is 24.3. The maximum Gasteiger partial charge on any atom is 0.0623 e. The summed E-state index contributed by atoms with van der Waals surface area (Å²) in [6, 6.07) is 55.3. The van der Waals surface area contributed by atoms with Gasteiger partial charge in [-0.2, -0.15) is 0 Å². The fourth-order valence-corrected chi connectivity index (χ4v) is 7.85. The van der Waals surface area contributed by atoms with Crippen LogP contribution in [-0.2, 0) is 0 Å². The van der Waals surface area contributed by atoms with Gasteiger partial charge in [0.2, 0.25) is 0 Å². The second kappa shape index (κ2) is 9.66. The van der Waals surface area contributed by atoms with Crippen LogP contribution >= 0.6 is 11.3 Å². The molecule has 43 heavy (non-hydrogen) atoms. The van der Waals surface area contributed by atoms with Gasteiger partial charge in [-0.05, 0) is 90.0 Å². The monoisotopic (exact) mass is 563 g/mol. The Morgan fingerprint density at radius 1 is 0.349 bits per heavy atom. The van der Waals surface area contributed by atoms with Crippen molar-refractivity contribution in [2.45, 2.75) is 0 Å². The highest BCUT2D eigenvalue weighted by molar-refractivity contribution is 7.25. The Hall–Kier alpha value is -5.24. The molecule has 200 valence electrons. The van der Waals surface area contributed by atoms with Gasteiger partial charge in [0.1, 0.15) is 0 Å². The smallest absolute Gasteiger partial charge is 0.0623 e. The average molecular weight is 564 g/mol. The summed E-state index contributed by atoms with van der Waals surface area (Å²) < 4.78 is 10.6. The van der Waals surface area contributed by atoms with Crippen LogP contribution in [0.4, 0.5) is 0 Å². The van der Waals surface area contributed by atoms with Crippen molar-refractivity contribution in [1.29, 1.82) is 0 Å². The molecule has 8 aromatic carbocycles. The van der Waals surface area contributed by atoms with Crippen molar-refractivity contribution in [3.8, 4) is 33.4 Å². The molecule has 0 saturated heterocycles. The van der Waals surface area contributed by atoms with Crippen LogP contribution in [-0.4, -0.2) is 0 Å². The largest absolute Gasteiger partial charge is 0.135 e. The average Bonchev–Trinajstić information content (AvgIpc) is 3.45. The van der Waals surface area contributed by atoms with Crippen LogP contribution < -0.4 is 0 Å². The molecule has 0 bridgehead atoms. The molecule has 9 aromatic rings. The van der Waals surface area contributed by atoms with E-state index >= 15 is 0 Å². The molecular formula is C42H26S. The van der Waals surface area contributed by atoms with Crippen LogP contribution in [0.3, 0.4) is 0 Å². The first-order chi connectivity index (χ1) is 21.7. The number of rotatable bonds is 3. The molecule has 9 rings (SSSR count). The van der Waals surface area contributed by atoms with E-state index < -0.39 is 0 Å². The first kappa shape index (κ1) is 23.3. The topological polar surface area (TPSA) is 0 Å². The number of benzene rings is 8.